The minimum absolute atomic E-state index is 0.00176. The first-order chi connectivity index (χ1) is 9.47. The average Bonchev–Trinajstić information content (AvgIpc) is 2.38. The summed E-state index contributed by atoms with van der Waals surface area (Å²) in [5.74, 6) is -2.62. The van der Waals surface area contributed by atoms with Crippen LogP contribution in [0.15, 0.2) is 36.4 Å². The predicted molar refractivity (Wildman–Crippen MR) is 70.6 cm³/mol. The van der Waals surface area contributed by atoms with E-state index >= 15 is 0 Å². The number of aromatic carboxylic acids is 1. The minimum Gasteiger partial charge on any atom is -0.478 e. The maximum absolute atomic E-state index is 13.1. The molecule has 7 heteroatoms. The van der Waals surface area contributed by atoms with Gasteiger partial charge in [-0.05, 0) is 30.3 Å². The fourth-order valence-corrected chi connectivity index (χ4v) is 1.69. The van der Waals surface area contributed by atoms with Crippen molar-refractivity contribution in [1.82, 2.24) is 4.98 Å². The van der Waals surface area contributed by atoms with Crippen LogP contribution in [0.4, 0.5) is 10.1 Å². The highest BCUT2D eigenvalue weighted by Crippen LogP contribution is 2.18. The van der Waals surface area contributed by atoms with Crippen LogP contribution < -0.4 is 5.32 Å². The second kappa shape index (κ2) is 5.66. The Labute approximate surface area is 118 Å². The van der Waals surface area contributed by atoms with Gasteiger partial charge in [-0.3, -0.25) is 4.79 Å². The molecule has 2 N–H and O–H groups in total. The Balaban J connectivity index is 2.32. The number of carbonyl (C=O) groups excluding carboxylic acids is 1. The van der Waals surface area contributed by atoms with Crippen molar-refractivity contribution in [3.8, 4) is 0 Å². The van der Waals surface area contributed by atoms with Gasteiger partial charge in [-0.15, -0.1) is 0 Å². The molecule has 0 aliphatic rings. The number of pyridine rings is 1. The number of hydrogen-bond donors (Lipinski definition) is 2. The minimum atomic E-state index is -1.28. The molecule has 2 rings (SSSR count). The Morgan fingerprint density at radius 2 is 2.00 bits per heavy atom. The molecule has 0 radical (unpaired) electrons. The van der Waals surface area contributed by atoms with Crippen molar-refractivity contribution >= 4 is 29.2 Å². The molecule has 0 aliphatic heterocycles. The lowest BCUT2D eigenvalue weighted by molar-refractivity contribution is 0.0698. The van der Waals surface area contributed by atoms with E-state index in [1.807, 2.05) is 0 Å². The Kier molecular flexibility index (Phi) is 3.95. The third-order valence-electron chi connectivity index (χ3n) is 2.41. The lowest BCUT2D eigenvalue weighted by Crippen LogP contribution is -2.16. The number of benzene rings is 1. The van der Waals surface area contributed by atoms with Gasteiger partial charge in [-0.25, -0.2) is 14.2 Å². The van der Waals surface area contributed by atoms with Crippen molar-refractivity contribution in [1.29, 1.82) is 0 Å². The zero-order valence-electron chi connectivity index (χ0n) is 9.93. The van der Waals surface area contributed by atoms with Gasteiger partial charge in [0.1, 0.15) is 16.7 Å². The van der Waals surface area contributed by atoms with Crippen LogP contribution in [-0.4, -0.2) is 22.0 Å². The number of carbonyl (C=O) groups is 2. The summed E-state index contributed by atoms with van der Waals surface area (Å²) in [6.07, 6.45) is 0. The van der Waals surface area contributed by atoms with Crippen LogP contribution in [0.5, 0.6) is 0 Å². The molecule has 2 aromatic rings. The quantitative estimate of drug-likeness (QED) is 0.853. The molecule has 0 unspecified atom stereocenters. The zero-order valence-corrected chi connectivity index (χ0v) is 10.7. The summed E-state index contributed by atoms with van der Waals surface area (Å²) >= 11 is 5.65. The van der Waals surface area contributed by atoms with E-state index in [1.54, 1.807) is 0 Å². The van der Waals surface area contributed by atoms with Gasteiger partial charge in [0, 0.05) is 0 Å². The first-order valence-corrected chi connectivity index (χ1v) is 5.82. The average molecular weight is 295 g/mol. The van der Waals surface area contributed by atoms with Crippen LogP contribution >= 0.6 is 11.6 Å². The molecular formula is C13H8ClFN2O3. The monoisotopic (exact) mass is 294 g/mol. The summed E-state index contributed by atoms with van der Waals surface area (Å²) in [7, 11) is 0. The number of halogens is 2. The summed E-state index contributed by atoms with van der Waals surface area (Å²) in [6, 6.07) is 7.40. The largest absolute Gasteiger partial charge is 0.478 e. The standard InChI is InChI=1S/C13H8ClFN2O3/c14-11-3-1-2-9(16-11)12(18)17-10-6-7(15)4-5-8(10)13(19)20/h1-6H,(H,17,18)(H,19,20). The van der Waals surface area contributed by atoms with E-state index in [4.69, 9.17) is 16.7 Å². The van der Waals surface area contributed by atoms with Crippen molar-refractivity contribution in [2.45, 2.75) is 0 Å². The molecule has 0 spiro atoms. The summed E-state index contributed by atoms with van der Waals surface area (Å²) < 4.78 is 13.1. The number of carboxylic acid groups (broad SMARTS) is 1. The van der Waals surface area contributed by atoms with Crippen molar-refractivity contribution in [3.63, 3.8) is 0 Å². The highest BCUT2D eigenvalue weighted by Gasteiger charge is 2.15. The molecule has 1 aromatic carbocycles. The summed E-state index contributed by atoms with van der Waals surface area (Å²) in [6.45, 7) is 0. The molecule has 1 amide bonds. The molecule has 0 bridgehead atoms. The number of rotatable bonds is 3. The van der Waals surface area contributed by atoms with Crippen molar-refractivity contribution in [2.75, 3.05) is 5.32 Å². The van der Waals surface area contributed by atoms with Gasteiger partial charge in [-0.2, -0.15) is 0 Å². The third kappa shape index (κ3) is 3.10. The molecule has 1 heterocycles. The van der Waals surface area contributed by atoms with Crippen LogP contribution in [0.25, 0.3) is 0 Å². The normalized spacial score (nSPS) is 10.1. The van der Waals surface area contributed by atoms with Crippen LogP contribution in [0.1, 0.15) is 20.8 Å². The van der Waals surface area contributed by atoms with E-state index in [9.17, 15) is 14.0 Å². The van der Waals surface area contributed by atoms with Crippen LogP contribution in [0.3, 0.4) is 0 Å². The maximum atomic E-state index is 13.1. The molecule has 0 fully saturated rings. The van der Waals surface area contributed by atoms with Gasteiger partial charge in [0.15, 0.2) is 0 Å². The summed E-state index contributed by atoms with van der Waals surface area (Å²) in [4.78, 5) is 26.7. The first kappa shape index (κ1) is 14.0. The SMILES string of the molecule is O=C(Nc1cc(F)ccc1C(=O)O)c1cccc(Cl)n1. The topological polar surface area (TPSA) is 79.3 Å². The van der Waals surface area contributed by atoms with Crippen molar-refractivity contribution < 1.29 is 19.1 Å². The molecule has 0 aliphatic carbocycles. The fourth-order valence-electron chi connectivity index (χ4n) is 1.53. The first-order valence-electron chi connectivity index (χ1n) is 5.44. The van der Waals surface area contributed by atoms with Gasteiger partial charge in [0.25, 0.3) is 5.91 Å². The highest BCUT2D eigenvalue weighted by atomic mass is 35.5. The molecule has 0 atom stereocenters. The summed E-state index contributed by atoms with van der Waals surface area (Å²) in [5.41, 5.74) is -0.371. The Bertz CT molecular complexity index is 691. The van der Waals surface area contributed by atoms with E-state index in [2.05, 4.69) is 10.3 Å². The zero-order chi connectivity index (χ0) is 14.7. The predicted octanol–water partition coefficient (Wildman–Crippen LogP) is 2.82. The van der Waals surface area contributed by atoms with Crippen LogP contribution in [0.2, 0.25) is 5.15 Å². The van der Waals surface area contributed by atoms with Crippen LogP contribution in [0, 0.1) is 5.82 Å². The van der Waals surface area contributed by atoms with Crippen LogP contribution in [-0.2, 0) is 0 Å². The van der Waals surface area contributed by atoms with E-state index < -0.39 is 17.7 Å². The second-order valence-electron chi connectivity index (χ2n) is 3.79. The van der Waals surface area contributed by atoms with Gasteiger partial charge < -0.3 is 10.4 Å². The van der Waals surface area contributed by atoms with Gasteiger partial charge in [-0.1, -0.05) is 17.7 Å². The lowest BCUT2D eigenvalue weighted by Gasteiger charge is -2.08. The lowest BCUT2D eigenvalue weighted by atomic mass is 10.1. The van der Waals surface area contributed by atoms with E-state index in [0.717, 1.165) is 18.2 Å². The van der Waals surface area contributed by atoms with E-state index in [-0.39, 0.29) is 22.1 Å². The maximum Gasteiger partial charge on any atom is 0.337 e. The van der Waals surface area contributed by atoms with E-state index in [1.165, 1.54) is 18.2 Å². The smallest absolute Gasteiger partial charge is 0.337 e. The Morgan fingerprint density at radius 1 is 1.25 bits per heavy atom. The Morgan fingerprint density at radius 3 is 2.65 bits per heavy atom. The third-order valence-corrected chi connectivity index (χ3v) is 2.62. The molecule has 0 saturated heterocycles. The molecule has 20 heavy (non-hydrogen) atoms. The molecular weight excluding hydrogens is 287 g/mol. The number of carboxylic acids is 1. The number of amides is 1. The Hall–Kier alpha value is -2.47. The van der Waals surface area contributed by atoms with Crippen molar-refractivity contribution in [2.24, 2.45) is 0 Å². The van der Waals surface area contributed by atoms with Crippen molar-refractivity contribution in [3.05, 3.63) is 58.6 Å². The molecule has 102 valence electrons. The molecule has 0 saturated carbocycles. The molecule has 1 aromatic heterocycles. The second-order valence-corrected chi connectivity index (χ2v) is 4.18. The number of hydrogen-bond acceptors (Lipinski definition) is 3. The fraction of sp³-hybridized carbons (Fsp3) is 0. The van der Waals surface area contributed by atoms with Gasteiger partial charge >= 0.3 is 5.97 Å². The number of nitrogens with zero attached hydrogens (tertiary/aromatic N) is 1. The van der Waals surface area contributed by atoms with Gasteiger partial charge in [0.05, 0.1) is 11.3 Å². The summed E-state index contributed by atoms with van der Waals surface area (Å²) in [5, 5.41) is 11.4. The van der Waals surface area contributed by atoms with Gasteiger partial charge in [0.2, 0.25) is 0 Å². The highest BCUT2D eigenvalue weighted by molar-refractivity contribution is 6.29. The molecule has 5 nitrogen and oxygen atoms in total. The number of anilines is 1. The number of aromatic nitrogens is 1. The van der Waals surface area contributed by atoms with E-state index in [0.29, 0.717) is 0 Å². The number of nitrogens with one attached hydrogen (secondary N) is 1.